The number of rotatable bonds is 4. The van der Waals surface area contributed by atoms with E-state index in [1.54, 1.807) is 12.1 Å². The van der Waals surface area contributed by atoms with E-state index in [2.05, 4.69) is 20.7 Å². The molecule has 15 heavy (non-hydrogen) atoms. The first kappa shape index (κ1) is 12.8. The minimum atomic E-state index is -3.33. The third-order valence-electron chi connectivity index (χ3n) is 1.88. The fraction of sp³-hybridized carbons (Fsp3) is 0.333. The van der Waals surface area contributed by atoms with Crippen LogP contribution in [0.3, 0.4) is 0 Å². The molecule has 0 fully saturated rings. The largest absolute Gasteiger partial charge is 0.283 e. The van der Waals surface area contributed by atoms with E-state index in [1.807, 2.05) is 13.0 Å². The molecule has 0 atom stereocenters. The van der Waals surface area contributed by atoms with Gasteiger partial charge in [-0.05, 0) is 24.6 Å². The molecule has 1 aromatic carbocycles. The van der Waals surface area contributed by atoms with E-state index >= 15 is 0 Å². The second-order valence-electron chi connectivity index (χ2n) is 3.02. The van der Waals surface area contributed by atoms with Gasteiger partial charge in [-0.2, -0.15) is 0 Å². The maximum atomic E-state index is 11.5. The second-order valence-corrected chi connectivity index (χ2v) is 6.10. The first-order chi connectivity index (χ1) is 6.96. The number of benzene rings is 1. The van der Waals surface area contributed by atoms with Crippen molar-refractivity contribution in [1.29, 1.82) is 0 Å². The quantitative estimate of drug-likeness (QED) is 0.869. The van der Waals surface area contributed by atoms with Gasteiger partial charge in [-0.1, -0.05) is 22.0 Å². The normalized spacial score (nSPS) is 11.4. The van der Waals surface area contributed by atoms with Crippen molar-refractivity contribution in [2.45, 2.75) is 6.92 Å². The van der Waals surface area contributed by atoms with Crippen LogP contribution in [0.1, 0.15) is 5.56 Å². The summed E-state index contributed by atoms with van der Waals surface area (Å²) in [4.78, 5) is 0. The molecule has 1 aromatic rings. The van der Waals surface area contributed by atoms with Crippen molar-refractivity contribution in [3.05, 3.63) is 28.2 Å². The Morgan fingerprint density at radius 1 is 1.47 bits per heavy atom. The zero-order chi connectivity index (χ0) is 11.5. The molecule has 3 nitrogen and oxygen atoms in total. The predicted octanol–water partition coefficient (Wildman–Crippen LogP) is 2.74. The first-order valence-electron chi connectivity index (χ1n) is 4.28. The topological polar surface area (TPSA) is 46.2 Å². The highest BCUT2D eigenvalue weighted by atomic mass is 79.9. The summed E-state index contributed by atoms with van der Waals surface area (Å²) in [6.07, 6.45) is 0. The summed E-state index contributed by atoms with van der Waals surface area (Å²) < 4.78 is 26.3. The molecule has 0 radical (unpaired) electrons. The van der Waals surface area contributed by atoms with Crippen molar-refractivity contribution in [3.8, 4) is 0 Å². The molecule has 0 bridgehead atoms. The van der Waals surface area contributed by atoms with Crippen LogP contribution in [-0.4, -0.2) is 20.1 Å². The van der Waals surface area contributed by atoms with Gasteiger partial charge < -0.3 is 0 Å². The average Bonchev–Trinajstić information content (AvgIpc) is 2.12. The highest BCUT2D eigenvalue weighted by molar-refractivity contribution is 9.10. The third-order valence-corrected chi connectivity index (χ3v) is 4.42. The van der Waals surface area contributed by atoms with Crippen LogP contribution < -0.4 is 4.72 Å². The highest BCUT2D eigenvalue weighted by Gasteiger charge is 2.11. The molecule has 1 rings (SSSR count). The molecule has 0 aliphatic heterocycles. The van der Waals surface area contributed by atoms with Gasteiger partial charge in [-0.15, -0.1) is 11.6 Å². The Bertz CT molecular complexity index is 447. The summed E-state index contributed by atoms with van der Waals surface area (Å²) in [5.41, 5.74) is 1.44. The number of anilines is 1. The van der Waals surface area contributed by atoms with E-state index in [0.29, 0.717) is 5.69 Å². The molecule has 0 unspecified atom stereocenters. The standard InChI is InChI=1S/C9H11BrClNO2S/c1-7-8(10)3-2-4-9(7)12-15(13,14)6-5-11/h2-4,12H,5-6H2,1H3. The molecule has 0 aliphatic carbocycles. The molecule has 84 valence electrons. The molecule has 0 heterocycles. The zero-order valence-electron chi connectivity index (χ0n) is 8.13. The van der Waals surface area contributed by atoms with Crippen LogP contribution in [0.25, 0.3) is 0 Å². The minimum absolute atomic E-state index is 0.0828. The number of halogens is 2. The Balaban J connectivity index is 2.95. The Kier molecular flexibility index (Phi) is 4.43. The van der Waals surface area contributed by atoms with E-state index in [1.165, 1.54) is 0 Å². The minimum Gasteiger partial charge on any atom is -0.283 e. The van der Waals surface area contributed by atoms with Crippen molar-refractivity contribution >= 4 is 43.2 Å². The monoisotopic (exact) mass is 311 g/mol. The van der Waals surface area contributed by atoms with Gasteiger partial charge in [0.25, 0.3) is 0 Å². The predicted molar refractivity (Wildman–Crippen MR) is 67.0 cm³/mol. The van der Waals surface area contributed by atoms with Crippen LogP contribution in [-0.2, 0) is 10.0 Å². The lowest BCUT2D eigenvalue weighted by atomic mass is 10.2. The lowest BCUT2D eigenvalue weighted by Crippen LogP contribution is -2.18. The summed E-state index contributed by atoms with van der Waals surface area (Å²) in [5.74, 6) is 0.00287. The molecule has 0 aromatic heterocycles. The third kappa shape index (κ3) is 3.66. The highest BCUT2D eigenvalue weighted by Crippen LogP contribution is 2.24. The molecule has 1 N–H and O–H groups in total. The lowest BCUT2D eigenvalue weighted by Gasteiger charge is -2.10. The van der Waals surface area contributed by atoms with Gasteiger partial charge in [-0.25, -0.2) is 8.42 Å². The maximum Gasteiger partial charge on any atom is 0.233 e. The molecule has 0 amide bonds. The van der Waals surface area contributed by atoms with Crippen molar-refractivity contribution in [3.63, 3.8) is 0 Å². The van der Waals surface area contributed by atoms with Gasteiger partial charge in [0.15, 0.2) is 0 Å². The van der Waals surface area contributed by atoms with Crippen LogP contribution in [0.2, 0.25) is 0 Å². The molecule has 6 heteroatoms. The Labute approximate surface area is 103 Å². The Hall–Kier alpha value is -0.260. The summed E-state index contributed by atoms with van der Waals surface area (Å²) in [6.45, 7) is 1.84. The summed E-state index contributed by atoms with van der Waals surface area (Å²) in [7, 11) is -3.33. The molecule has 0 aliphatic rings. The second kappa shape index (κ2) is 5.18. The van der Waals surface area contributed by atoms with Crippen LogP contribution in [0.5, 0.6) is 0 Å². The smallest absolute Gasteiger partial charge is 0.233 e. The van der Waals surface area contributed by atoms with E-state index in [9.17, 15) is 8.42 Å². The SMILES string of the molecule is Cc1c(Br)cccc1NS(=O)(=O)CCCl. The molecular weight excluding hydrogens is 302 g/mol. The van der Waals surface area contributed by atoms with Gasteiger partial charge in [0.1, 0.15) is 0 Å². The zero-order valence-corrected chi connectivity index (χ0v) is 11.3. The average molecular weight is 313 g/mol. The maximum absolute atomic E-state index is 11.5. The molecule has 0 saturated carbocycles. The van der Waals surface area contributed by atoms with Crippen molar-refractivity contribution < 1.29 is 8.42 Å². The number of hydrogen-bond donors (Lipinski definition) is 1. The van der Waals surface area contributed by atoms with E-state index in [4.69, 9.17) is 11.6 Å². The summed E-state index contributed by atoms with van der Waals surface area (Å²) >= 11 is 8.73. The Morgan fingerprint density at radius 2 is 2.13 bits per heavy atom. The van der Waals surface area contributed by atoms with Crippen LogP contribution in [0.15, 0.2) is 22.7 Å². The van der Waals surface area contributed by atoms with E-state index < -0.39 is 10.0 Å². The molecule has 0 saturated heterocycles. The first-order valence-corrected chi connectivity index (χ1v) is 7.26. The summed E-state index contributed by atoms with van der Waals surface area (Å²) in [6, 6.07) is 5.34. The van der Waals surface area contributed by atoms with Crippen LogP contribution in [0, 0.1) is 6.92 Å². The van der Waals surface area contributed by atoms with Gasteiger partial charge in [-0.3, -0.25) is 4.72 Å². The number of alkyl halides is 1. The lowest BCUT2D eigenvalue weighted by molar-refractivity contribution is 0.602. The van der Waals surface area contributed by atoms with Gasteiger partial charge in [0.2, 0.25) is 10.0 Å². The number of hydrogen-bond acceptors (Lipinski definition) is 2. The van der Waals surface area contributed by atoms with Gasteiger partial charge in [0, 0.05) is 10.4 Å². The number of nitrogens with one attached hydrogen (secondary N) is 1. The summed E-state index contributed by atoms with van der Waals surface area (Å²) in [5, 5.41) is 0. The van der Waals surface area contributed by atoms with Crippen molar-refractivity contribution in [1.82, 2.24) is 0 Å². The fourth-order valence-corrected chi connectivity index (χ4v) is 2.88. The van der Waals surface area contributed by atoms with Crippen molar-refractivity contribution in [2.75, 3.05) is 16.4 Å². The van der Waals surface area contributed by atoms with E-state index in [-0.39, 0.29) is 11.6 Å². The van der Waals surface area contributed by atoms with Crippen LogP contribution in [0.4, 0.5) is 5.69 Å². The number of sulfonamides is 1. The Morgan fingerprint density at radius 3 is 2.73 bits per heavy atom. The fourth-order valence-electron chi connectivity index (χ4n) is 1.04. The molecule has 0 spiro atoms. The van der Waals surface area contributed by atoms with Crippen molar-refractivity contribution in [2.24, 2.45) is 0 Å². The van der Waals surface area contributed by atoms with Gasteiger partial charge >= 0.3 is 0 Å². The van der Waals surface area contributed by atoms with E-state index in [0.717, 1.165) is 10.0 Å². The van der Waals surface area contributed by atoms with Gasteiger partial charge in [0.05, 0.1) is 11.4 Å². The molecular formula is C9H11BrClNO2S. The van der Waals surface area contributed by atoms with Crippen LogP contribution >= 0.6 is 27.5 Å².